The van der Waals surface area contributed by atoms with E-state index in [0.717, 1.165) is 23.2 Å². The highest BCUT2D eigenvalue weighted by Crippen LogP contribution is 2.33. The van der Waals surface area contributed by atoms with Gasteiger partial charge in [0.05, 0.1) is 10.6 Å². The lowest BCUT2D eigenvalue weighted by molar-refractivity contribution is -0.118. The first-order valence-electron chi connectivity index (χ1n) is 11.1. The predicted molar refractivity (Wildman–Crippen MR) is 130 cm³/mol. The van der Waals surface area contributed by atoms with Crippen molar-refractivity contribution in [2.24, 2.45) is 0 Å². The van der Waals surface area contributed by atoms with Gasteiger partial charge in [-0.25, -0.2) is 8.42 Å². The summed E-state index contributed by atoms with van der Waals surface area (Å²) in [6.45, 7) is 4.53. The molecule has 3 aromatic carbocycles. The standard InChI is InChI=1S/C26H28N2O4S/c1-3-19(2)23-9-5-7-11-25(23)32-18-26(29)27-21-12-14-22(15-13-21)33(30,31)28-17-16-20-8-4-6-10-24(20)28/h4-15,19H,3,16-18H2,1-2H3,(H,27,29)/t19-/m0/s1. The van der Waals surface area contributed by atoms with E-state index in [4.69, 9.17) is 4.74 Å². The normalized spacial score (nSPS) is 13.9. The van der Waals surface area contributed by atoms with E-state index in [0.29, 0.717) is 30.3 Å². The fourth-order valence-corrected chi connectivity index (χ4v) is 5.48. The second-order valence-electron chi connectivity index (χ2n) is 8.16. The van der Waals surface area contributed by atoms with Gasteiger partial charge >= 0.3 is 0 Å². The molecule has 0 aromatic heterocycles. The molecule has 0 spiro atoms. The number of hydrogen-bond acceptors (Lipinski definition) is 4. The van der Waals surface area contributed by atoms with Crippen molar-refractivity contribution in [3.63, 3.8) is 0 Å². The zero-order valence-electron chi connectivity index (χ0n) is 18.8. The molecule has 1 aliphatic rings. The van der Waals surface area contributed by atoms with Crippen LogP contribution in [0.3, 0.4) is 0 Å². The number of ether oxygens (including phenoxy) is 1. The van der Waals surface area contributed by atoms with Crippen molar-refractivity contribution < 1.29 is 17.9 Å². The molecule has 0 radical (unpaired) electrons. The molecule has 1 atom stereocenters. The van der Waals surface area contributed by atoms with Crippen molar-refractivity contribution >= 4 is 27.3 Å². The van der Waals surface area contributed by atoms with Crippen LogP contribution in [0.1, 0.15) is 37.3 Å². The fourth-order valence-electron chi connectivity index (χ4n) is 3.97. The predicted octanol–water partition coefficient (Wildman–Crippen LogP) is 4.97. The Morgan fingerprint density at radius 2 is 1.73 bits per heavy atom. The summed E-state index contributed by atoms with van der Waals surface area (Å²) in [6.07, 6.45) is 1.68. The summed E-state index contributed by atoms with van der Waals surface area (Å²) in [6, 6.07) is 21.5. The fraction of sp³-hybridized carbons (Fsp3) is 0.269. The third kappa shape index (κ3) is 4.88. The van der Waals surface area contributed by atoms with Crippen molar-refractivity contribution in [1.29, 1.82) is 0 Å². The highest BCUT2D eigenvalue weighted by molar-refractivity contribution is 7.92. The molecule has 1 heterocycles. The number of benzene rings is 3. The van der Waals surface area contributed by atoms with Gasteiger partial charge in [-0.15, -0.1) is 0 Å². The Labute approximate surface area is 195 Å². The number of carbonyl (C=O) groups is 1. The van der Waals surface area contributed by atoms with Crippen molar-refractivity contribution in [3.05, 3.63) is 83.9 Å². The van der Waals surface area contributed by atoms with Crippen molar-refractivity contribution in [2.45, 2.75) is 37.5 Å². The molecule has 0 aliphatic carbocycles. The Kier molecular flexibility index (Phi) is 6.70. The minimum atomic E-state index is -3.66. The lowest BCUT2D eigenvalue weighted by atomic mass is 9.98. The van der Waals surface area contributed by atoms with Crippen LogP contribution >= 0.6 is 0 Å². The second-order valence-corrected chi connectivity index (χ2v) is 10.0. The lowest BCUT2D eigenvalue weighted by Crippen LogP contribution is -2.29. The number of nitrogens with one attached hydrogen (secondary N) is 1. The molecular formula is C26H28N2O4S. The van der Waals surface area contributed by atoms with E-state index in [1.54, 1.807) is 12.1 Å². The van der Waals surface area contributed by atoms with Gasteiger partial charge in [0.15, 0.2) is 6.61 Å². The smallest absolute Gasteiger partial charge is 0.264 e. The molecule has 0 fully saturated rings. The summed E-state index contributed by atoms with van der Waals surface area (Å²) >= 11 is 0. The second kappa shape index (κ2) is 9.67. The molecule has 3 aromatic rings. The van der Waals surface area contributed by atoms with Crippen LogP contribution < -0.4 is 14.4 Å². The van der Waals surface area contributed by atoms with Crippen LogP contribution in [0.15, 0.2) is 77.7 Å². The van der Waals surface area contributed by atoms with Crippen LogP contribution in [0.25, 0.3) is 0 Å². The Bertz CT molecular complexity index is 1240. The number of rotatable bonds is 8. The zero-order chi connectivity index (χ0) is 23.4. The molecule has 0 unspecified atom stereocenters. The van der Waals surface area contributed by atoms with Gasteiger partial charge in [-0.3, -0.25) is 9.10 Å². The number of fused-ring (bicyclic) bond motifs is 1. The molecule has 6 nitrogen and oxygen atoms in total. The van der Waals surface area contributed by atoms with E-state index in [-0.39, 0.29) is 17.4 Å². The van der Waals surface area contributed by atoms with Gasteiger partial charge in [0, 0.05) is 12.2 Å². The Balaban J connectivity index is 1.40. The minimum absolute atomic E-state index is 0.127. The third-order valence-corrected chi connectivity index (χ3v) is 7.82. The van der Waals surface area contributed by atoms with E-state index in [9.17, 15) is 13.2 Å². The number of sulfonamides is 1. The molecule has 33 heavy (non-hydrogen) atoms. The Hall–Kier alpha value is -3.32. The van der Waals surface area contributed by atoms with E-state index < -0.39 is 10.0 Å². The molecule has 0 saturated heterocycles. The molecule has 172 valence electrons. The SMILES string of the molecule is CC[C@H](C)c1ccccc1OCC(=O)Nc1ccc(S(=O)(=O)N2CCc3ccccc32)cc1. The molecule has 0 bridgehead atoms. The van der Waals surface area contributed by atoms with Gasteiger partial charge in [0.25, 0.3) is 15.9 Å². The van der Waals surface area contributed by atoms with Crippen molar-refractivity contribution in [1.82, 2.24) is 0 Å². The average Bonchev–Trinajstić information content (AvgIpc) is 3.28. The van der Waals surface area contributed by atoms with E-state index in [2.05, 4.69) is 19.2 Å². The van der Waals surface area contributed by atoms with Crippen LogP contribution in [0.2, 0.25) is 0 Å². The van der Waals surface area contributed by atoms with Crippen LogP contribution in [0.4, 0.5) is 11.4 Å². The summed E-state index contributed by atoms with van der Waals surface area (Å²) < 4.78 is 33.4. The first kappa shape index (κ1) is 22.9. The van der Waals surface area contributed by atoms with Gasteiger partial charge in [-0.2, -0.15) is 0 Å². The van der Waals surface area contributed by atoms with Crippen molar-refractivity contribution in [2.75, 3.05) is 22.8 Å². The topological polar surface area (TPSA) is 75.7 Å². The summed E-state index contributed by atoms with van der Waals surface area (Å²) in [5.41, 5.74) is 3.34. The van der Waals surface area contributed by atoms with Crippen molar-refractivity contribution in [3.8, 4) is 5.75 Å². The average molecular weight is 465 g/mol. The van der Waals surface area contributed by atoms with E-state index in [1.165, 1.54) is 16.4 Å². The van der Waals surface area contributed by atoms with Gasteiger partial charge < -0.3 is 10.1 Å². The lowest BCUT2D eigenvalue weighted by Gasteiger charge is -2.19. The molecule has 1 amide bonds. The highest BCUT2D eigenvalue weighted by Gasteiger charge is 2.30. The zero-order valence-corrected chi connectivity index (χ0v) is 19.6. The van der Waals surface area contributed by atoms with Crippen LogP contribution in [-0.2, 0) is 21.2 Å². The molecule has 0 saturated carbocycles. The van der Waals surface area contributed by atoms with E-state index >= 15 is 0 Å². The van der Waals surface area contributed by atoms with Gasteiger partial charge in [0.2, 0.25) is 0 Å². The third-order valence-electron chi connectivity index (χ3n) is 5.99. The first-order chi connectivity index (χ1) is 15.9. The number of hydrogen-bond donors (Lipinski definition) is 1. The van der Waals surface area contributed by atoms with Gasteiger partial charge in [-0.05, 0) is 66.3 Å². The molecule has 1 aliphatic heterocycles. The number of nitrogens with zero attached hydrogens (tertiary/aromatic N) is 1. The number of para-hydroxylation sites is 2. The number of carbonyl (C=O) groups excluding carboxylic acids is 1. The maximum Gasteiger partial charge on any atom is 0.264 e. The summed E-state index contributed by atoms with van der Waals surface area (Å²) in [7, 11) is -3.66. The number of amides is 1. The van der Waals surface area contributed by atoms with Gasteiger partial charge in [-0.1, -0.05) is 50.2 Å². The monoisotopic (exact) mass is 464 g/mol. The minimum Gasteiger partial charge on any atom is -0.483 e. The Morgan fingerprint density at radius 3 is 2.48 bits per heavy atom. The van der Waals surface area contributed by atoms with Crippen LogP contribution in [0, 0.1) is 0 Å². The van der Waals surface area contributed by atoms with E-state index in [1.807, 2.05) is 48.5 Å². The summed E-state index contributed by atoms with van der Waals surface area (Å²) in [5.74, 6) is 0.730. The Morgan fingerprint density at radius 1 is 1.03 bits per heavy atom. The molecule has 4 rings (SSSR count). The molecule has 7 heteroatoms. The highest BCUT2D eigenvalue weighted by atomic mass is 32.2. The largest absolute Gasteiger partial charge is 0.483 e. The van der Waals surface area contributed by atoms with Gasteiger partial charge in [0.1, 0.15) is 5.75 Å². The summed E-state index contributed by atoms with van der Waals surface area (Å²) in [5, 5.41) is 2.77. The number of anilines is 2. The maximum absolute atomic E-state index is 13.1. The quantitative estimate of drug-likeness (QED) is 0.511. The summed E-state index contributed by atoms with van der Waals surface area (Å²) in [4.78, 5) is 12.6. The molecule has 1 N–H and O–H groups in total. The first-order valence-corrected chi connectivity index (χ1v) is 12.6. The molecular weight excluding hydrogens is 436 g/mol. The van der Waals surface area contributed by atoms with Crippen LogP contribution in [-0.4, -0.2) is 27.5 Å². The van der Waals surface area contributed by atoms with Crippen LogP contribution in [0.5, 0.6) is 5.75 Å². The maximum atomic E-state index is 13.1.